The summed E-state index contributed by atoms with van der Waals surface area (Å²) in [6, 6.07) is 11.2. The SMILES string of the molecule is O=C(CCc1nnc(-c2ccncc2)o1)NCCc1ccc(Cl)cc1. The van der Waals surface area contributed by atoms with E-state index in [1.54, 1.807) is 24.5 Å². The fourth-order valence-corrected chi connectivity index (χ4v) is 2.40. The molecule has 1 aromatic carbocycles. The van der Waals surface area contributed by atoms with E-state index in [4.69, 9.17) is 16.0 Å². The third-order valence-electron chi connectivity index (χ3n) is 3.61. The normalized spacial score (nSPS) is 10.6. The van der Waals surface area contributed by atoms with E-state index in [1.165, 1.54) is 0 Å². The van der Waals surface area contributed by atoms with Gasteiger partial charge in [-0.05, 0) is 36.2 Å². The van der Waals surface area contributed by atoms with Gasteiger partial charge in [0.1, 0.15) is 0 Å². The smallest absolute Gasteiger partial charge is 0.247 e. The van der Waals surface area contributed by atoms with Crippen LogP contribution in [0.1, 0.15) is 17.9 Å². The standard InChI is InChI=1S/C18H17ClN4O2/c19-15-3-1-13(2-4-15)7-12-21-16(24)5-6-17-22-23-18(25-17)14-8-10-20-11-9-14/h1-4,8-11H,5-7,12H2,(H,21,24). The molecule has 0 bridgehead atoms. The van der Waals surface area contributed by atoms with Gasteiger partial charge in [-0.15, -0.1) is 10.2 Å². The quantitative estimate of drug-likeness (QED) is 0.703. The van der Waals surface area contributed by atoms with Crippen LogP contribution in [0.5, 0.6) is 0 Å². The van der Waals surface area contributed by atoms with E-state index in [-0.39, 0.29) is 5.91 Å². The third-order valence-corrected chi connectivity index (χ3v) is 3.86. The Kier molecular flexibility index (Phi) is 5.74. The highest BCUT2D eigenvalue weighted by molar-refractivity contribution is 6.30. The predicted molar refractivity (Wildman–Crippen MR) is 94.0 cm³/mol. The summed E-state index contributed by atoms with van der Waals surface area (Å²) in [6.45, 7) is 0.576. The molecular formula is C18H17ClN4O2. The van der Waals surface area contributed by atoms with E-state index in [1.807, 2.05) is 24.3 Å². The highest BCUT2D eigenvalue weighted by Gasteiger charge is 2.10. The fourth-order valence-electron chi connectivity index (χ4n) is 2.27. The number of hydrogen-bond donors (Lipinski definition) is 1. The van der Waals surface area contributed by atoms with Gasteiger partial charge in [-0.1, -0.05) is 23.7 Å². The zero-order valence-corrected chi connectivity index (χ0v) is 14.2. The fraction of sp³-hybridized carbons (Fsp3) is 0.222. The Balaban J connectivity index is 1.42. The minimum atomic E-state index is -0.0439. The molecule has 1 N–H and O–H groups in total. The highest BCUT2D eigenvalue weighted by atomic mass is 35.5. The summed E-state index contributed by atoms with van der Waals surface area (Å²) in [5.41, 5.74) is 1.93. The summed E-state index contributed by atoms with van der Waals surface area (Å²) >= 11 is 5.84. The van der Waals surface area contributed by atoms with Crippen molar-refractivity contribution in [1.82, 2.24) is 20.5 Å². The zero-order valence-electron chi connectivity index (χ0n) is 13.5. The van der Waals surface area contributed by atoms with Gasteiger partial charge in [-0.25, -0.2) is 0 Å². The van der Waals surface area contributed by atoms with Crippen LogP contribution in [0.4, 0.5) is 0 Å². The zero-order chi connectivity index (χ0) is 17.5. The number of rotatable bonds is 7. The molecule has 0 aliphatic rings. The van der Waals surface area contributed by atoms with Crippen molar-refractivity contribution in [3.05, 3.63) is 65.3 Å². The first-order chi connectivity index (χ1) is 12.2. The summed E-state index contributed by atoms with van der Waals surface area (Å²) < 4.78 is 5.56. The van der Waals surface area contributed by atoms with Gasteiger partial charge in [0.2, 0.25) is 17.7 Å². The van der Waals surface area contributed by atoms with Crippen molar-refractivity contribution >= 4 is 17.5 Å². The number of pyridine rings is 1. The van der Waals surface area contributed by atoms with Crippen LogP contribution in [0.25, 0.3) is 11.5 Å². The van der Waals surface area contributed by atoms with Crippen molar-refractivity contribution in [2.75, 3.05) is 6.54 Å². The summed E-state index contributed by atoms with van der Waals surface area (Å²) in [5.74, 6) is 0.831. The molecule has 0 saturated carbocycles. The van der Waals surface area contributed by atoms with Crippen LogP contribution < -0.4 is 5.32 Å². The Hall–Kier alpha value is -2.73. The Morgan fingerprint density at radius 1 is 1.04 bits per heavy atom. The Morgan fingerprint density at radius 3 is 2.56 bits per heavy atom. The Bertz CT molecular complexity index is 819. The highest BCUT2D eigenvalue weighted by Crippen LogP contribution is 2.16. The molecule has 0 aliphatic carbocycles. The Labute approximate surface area is 150 Å². The van der Waals surface area contributed by atoms with Crippen LogP contribution in [-0.2, 0) is 17.6 Å². The molecule has 128 valence electrons. The summed E-state index contributed by atoms with van der Waals surface area (Å²) in [6.07, 6.45) is 4.79. The first-order valence-corrected chi connectivity index (χ1v) is 8.32. The maximum absolute atomic E-state index is 11.9. The van der Waals surface area contributed by atoms with Crippen LogP contribution in [0.2, 0.25) is 5.02 Å². The van der Waals surface area contributed by atoms with Crippen LogP contribution >= 0.6 is 11.6 Å². The molecule has 3 aromatic rings. The second-order valence-electron chi connectivity index (χ2n) is 5.46. The van der Waals surface area contributed by atoms with Gasteiger partial charge < -0.3 is 9.73 Å². The molecule has 7 heteroatoms. The maximum atomic E-state index is 11.9. The summed E-state index contributed by atoms with van der Waals surface area (Å²) in [7, 11) is 0. The molecule has 3 rings (SSSR count). The molecule has 6 nitrogen and oxygen atoms in total. The number of amides is 1. The van der Waals surface area contributed by atoms with E-state index < -0.39 is 0 Å². The lowest BCUT2D eigenvalue weighted by Gasteiger charge is -2.04. The summed E-state index contributed by atoms with van der Waals surface area (Å²) in [4.78, 5) is 15.8. The minimum Gasteiger partial charge on any atom is -0.421 e. The Morgan fingerprint density at radius 2 is 1.80 bits per heavy atom. The van der Waals surface area contributed by atoms with Gasteiger partial charge in [0.05, 0.1) is 0 Å². The van der Waals surface area contributed by atoms with Gasteiger partial charge in [-0.2, -0.15) is 0 Å². The molecule has 25 heavy (non-hydrogen) atoms. The average molecular weight is 357 g/mol. The average Bonchev–Trinajstić information content (AvgIpc) is 3.11. The van der Waals surface area contributed by atoms with Crippen LogP contribution in [0, 0.1) is 0 Å². The van der Waals surface area contributed by atoms with Crippen molar-refractivity contribution in [2.24, 2.45) is 0 Å². The first-order valence-electron chi connectivity index (χ1n) is 7.94. The maximum Gasteiger partial charge on any atom is 0.247 e. The largest absolute Gasteiger partial charge is 0.421 e. The van der Waals surface area contributed by atoms with Crippen LogP contribution in [0.3, 0.4) is 0 Å². The molecule has 0 atom stereocenters. The number of nitrogens with zero attached hydrogens (tertiary/aromatic N) is 3. The number of halogens is 1. The van der Waals surface area contributed by atoms with Crippen LogP contribution in [-0.4, -0.2) is 27.6 Å². The topological polar surface area (TPSA) is 80.9 Å². The molecule has 0 unspecified atom stereocenters. The first kappa shape index (κ1) is 17.1. The number of benzene rings is 1. The monoisotopic (exact) mass is 356 g/mol. The van der Waals surface area contributed by atoms with Crippen molar-refractivity contribution in [3.63, 3.8) is 0 Å². The molecule has 0 aliphatic heterocycles. The van der Waals surface area contributed by atoms with Gasteiger partial charge in [0, 0.05) is 42.4 Å². The number of hydrogen-bond acceptors (Lipinski definition) is 5. The van der Waals surface area contributed by atoms with Crippen molar-refractivity contribution in [2.45, 2.75) is 19.3 Å². The number of aryl methyl sites for hydroxylation is 1. The molecule has 0 fully saturated rings. The van der Waals surface area contributed by atoms with E-state index >= 15 is 0 Å². The lowest BCUT2D eigenvalue weighted by atomic mass is 10.1. The molecule has 0 radical (unpaired) electrons. The molecule has 2 heterocycles. The van der Waals surface area contributed by atoms with Gasteiger partial charge in [-0.3, -0.25) is 9.78 Å². The van der Waals surface area contributed by atoms with Crippen molar-refractivity contribution in [3.8, 4) is 11.5 Å². The number of aromatic nitrogens is 3. The molecule has 2 aromatic heterocycles. The molecule has 1 amide bonds. The van der Waals surface area contributed by atoms with E-state index in [2.05, 4.69) is 20.5 Å². The second kappa shape index (κ2) is 8.39. The molecule has 0 spiro atoms. The van der Waals surface area contributed by atoms with Crippen molar-refractivity contribution in [1.29, 1.82) is 0 Å². The minimum absolute atomic E-state index is 0.0439. The van der Waals surface area contributed by atoms with Crippen LogP contribution in [0.15, 0.2) is 53.2 Å². The van der Waals surface area contributed by atoms with E-state index in [9.17, 15) is 4.79 Å². The molecular weight excluding hydrogens is 340 g/mol. The third kappa shape index (κ3) is 5.12. The van der Waals surface area contributed by atoms with Gasteiger partial charge in [0.15, 0.2) is 0 Å². The second-order valence-corrected chi connectivity index (χ2v) is 5.90. The van der Waals surface area contributed by atoms with E-state index in [0.29, 0.717) is 36.2 Å². The number of carbonyl (C=O) groups excluding carboxylic acids is 1. The number of nitrogens with one attached hydrogen (secondary N) is 1. The summed E-state index contributed by atoms with van der Waals surface area (Å²) in [5, 5.41) is 11.5. The number of carbonyl (C=O) groups is 1. The lowest BCUT2D eigenvalue weighted by molar-refractivity contribution is -0.121. The predicted octanol–water partition coefficient (Wildman–Crippen LogP) is 3.08. The molecule has 0 saturated heterocycles. The van der Waals surface area contributed by atoms with Gasteiger partial charge >= 0.3 is 0 Å². The van der Waals surface area contributed by atoms with E-state index in [0.717, 1.165) is 17.5 Å². The lowest BCUT2D eigenvalue weighted by Crippen LogP contribution is -2.25. The van der Waals surface area contributed by atoms with Gasteiger partial charge in [0.25, 0.3) is 0 Å². The van der Waals surface area contributed by atoms with Crippen molar-refractivity contribution < 1.29 is 9.21 Å².